The number of aromatic nitrogens is 1. The fourth-order valence-corrected chi connectivity index (χ4v) is 3.24. The average molecular weight is 329 g/mol. The van der Waals surface area contributed by atoms with Crippen molar-refractivity contribution in [1.82, 2.24) is 15.6 Å². The molecule has 0 aliphatic heterocycles. The van der Waals surface area contributed by atoms with E-state index in [2.05, 4.69) is 15.6 Å². The van der Waals surface area contributed by atoms with Crippen LogP contribution in [-0.4, -0.2) is 11.0 Å². The van der Waals surface area contributed by atoms with Crippen LogP contribution in [0, 0.1) is 19.7 Å². The topological polar surface area (TPSA) is 74.0 Å². The molecule has 0 unspecified atom stereocenters. The highest BCUT2D eigenvalue weighted by Crippen LogP contribution is 2.32. The quantitative estimate of drug-likeness (QED) is 0.810. The Bertz CT molecular complexity index is 845. The number of H-pyrrole nitrogens is 1. The number of pyridine rings is 1. The van der Waals surface area contributed by atoms with Crippen LogP contribution >= 0.6 is 0 Å². The molecule has 0 spiro atoms. The summed E-state index contributed by atoms with van der Waals surface area (Å²) in [6, 6.07) is 6.23. The minimum Gasteiger partial charge on any atom is -0.334 e. The van der Waals surface area contributed by atoms with E-state index in [9.17, 15) is 14.0 Å². The number of aryl methyl sites for hydroxylation is 2. The number of rotatable bonds is 3. The number of hydrogen-bond acceptors (Lipinski definition) is 2. The first-order valence-electron chi connectivity index (χ1n) is 7.96. The summed E-state index contributed by atoms with van der Waals surface area (Å²) in [5.41, 5.74) is 3.47. The number of carbonyl (C=O) groups excluding carboxylic acids is 1. The monoisotopic (exact) mass is 329 g/mol. The largest absolute Gasteiger partial charge is 0.334 e. The van der Waals surface area contributed by atoms with Gasteiger partial charge in [0.25, 0.3) is 5.56 Å². The fraction of sp³-hybridized carbons (Fsp3) is 0.333. The molecule has 24 heavy (non-hydrogen) atoms. The number of amides is 2. The van der Waals surface area contributed by atoms with Crippen LogP contribution in [0.2, 0.25) is 0 Å². The minimum absolute atomic E-state index is 0.149. The van der Waals surface area contributed by atoms with Gasteiger partial charge in [-0.1, -0.05) is 12.1 Å². The Morgan fingerprint density at radius 1 is 1.38 bits per heavy atom. The van der Waals surface area contributed by atoms with Gasteiger partial charge in [0.1, 0.15) is 5.82 Å². The van der Waals surface area contributed by atoms with Crippen LogP contribution < -0.4 is 16.2 Å². The molecule has 0 fully saturated rings. The third kappa shape index (κ3) is 3.18. The van der Waals surface area contributed by atoms with Gasteiger partial charge in [0.15, 0.2) is 0 Å². The van der Waals surface area contributed by atoms with Crippen molar-refractivity contribution < 1.29 is 9.18 Å². The molecule has 3 rings (SSSR count). The summed E-state index contributed by atoms with van der Waals surface area (Å²) in [5.74, 6) is -0.223. The first-order chi connectivity index (χ1) is 11.5. The van der Waals surface area contributed by atoms with Crippen molar-refractivity contribution in [2.24, 2.45) is 0 Å². The van der Waals surface area contributed by atoms with E-state index in [-0.39, 0.29) is 30.0 Å². The number of fused-ring (bicyclic) bond motifs is 1. The van der Waals surface area contributed by atoms with Gasteiger partial charge in [-0.05, 0) is 55.5 Å². The lowest BCUT2D eigenvalue weighted by molar-refractivity contribution is 0.236. The zero-order valence-electron chi connectivity index (χ0n) is 13.7. The Morgan fingerprint density at radius 2 is 2.17 bits per heavy atom. The van der Waals surface area contributed by atoms with E-state index in [1.165, 1.54) is 6.07 Å². The third-order valence-corrected chi connectivity index (χ3v) is 4.44. The lowest BCUT2D eigenvalue weighted by Crippen LogP contribution is -2.38. The molecule has 6 heteroatoms. The lowest BCUT2D eigenvalue weighted by Gasteiger charge is -2.15. The SMILES string of the molecule is Cc1cc(C)c(CNC(=O)N[C@H]2CCc3c(F)cccc32)c(=O)[nH]1. The highest BCUT2D eigenvalue weighted by Gasteiger charge is 2.26. The fourth-order valence-electron chi connectivity index (χ4n) is 3.24. The molecule has 1 atom stereocenters. The van der Waals surface area contributed by atoms with Crippen LogP contribution in [0.5, 0.6) is 0 Å². The second-order valence-corrected chi connectivity index (χ2v) is 6.17. The van der Waals surface area contributed by atoms with Crippen molar-refractivity contribution in [1.29, 1.82) is 0 Å². The van der Waals surface area contributed by atoms with Gasteiger partial charge >= 0.3 is 6.03 Å². The Labute approximate surface area is 139 Å². The molecule has 1 aliphatic carbocycles. The number of urea groups is 1. The first-order valence-corrected chi connectivity index (χ1v) is 7.96. The number of benzene rings is 1. The minimum atomic E-state index is -0.364. The second kappa shape index (κ2) is 6.47. The predicted molar refractivity (Wildman–Crippen MR) is 89.4 cm³/mol. The summed E-state index contributed by atoms with van der Waals surface area (Å²) in [6.07, 6.45) is 1.29. The maximum absolute atomic E-state index is 13.7. The van der Waals surface area contributed by atoms with Crippen molar-refractivity contribution in [3.05, 3.63) is 68.4 Å². The maximum Gasteiger partial charge on any atom is 0.315 e. The summed E-state index contributed by atoms with van der Waals surface area (Å²) in [7, 11) is 0. The van der Waals surface area contributed by atoms with E-state index >= 15 is 0 Å². The molecule has 0 radical (unpaired) electrons. The molecule has 0 saturated heterocycles. The normalized spacial score (nSPS) is 15.9. The van der Waals surface area contributed by atoms with E-state index in [0.717, 1.165) is 16.8 Å². The van der Waals surface area contributed by atoms with E-state index in [1.807, 2.05) is 26.0 Å². The summed E-state index contributed by atoms with van der Waals surface area (Å²) < 4.78 is 13.7. The Morgan fingerprint density at radius 3 is 2.92 bits per heavy atom. The Kier molecular flexibility index (Phi) is 4.38. The maximum atomic E-state index is 13.7. The average Bonchev–Trinajstić information content (AvgIpc) is 2.90. The summed E-state index contributed by atoms with van der Waals surface area (Å²) in [5, 5.41) is 5.56. The summed E-state index contributed by atoms with van der Waals surface area (Å²) in [6.45, 7) is 3.80. The van der Waals surface area contributed by atoms with Crippen molar-refractivity contribution >= 4 is 6.03 Å². The molecular weight excluding hydrogens is 309 g/mol. The van der Waals surface area contributed by atoms with E-state index < -0.39 is 0 Å². The van der Waals surface area contributed by atoms with Gasteiger partial charge in [0.05, 0.1) is 12.6 Å². The number of aromatic amines is 1. The highest BCUT2D eigenvalue weighted by atomic mass is 19.1. The van der Waals surface area contributed by atoms with Crippen molar-refractivity contribution in [2.75, 3.05) is 0 Å². The van der Waals surface area contributed by atoms with Gasteiger partial charge in [-0.15, -0.1) is 0 Å². The molecule has 2 amide bonds. The van der Waals surface area contributed by atoms with E-state index in [1.54, 1.807) is 6.07 Å². The lowest BCUT2D eigenvalue weighted by atomic mass is 10.1. The van der Waals surface area contributed by atoms with Crippen LogP contribution in [0.4, 0.5) is 9.18 Å². The van der Waals surface area contributed by atoms with Gasteiger partial charge in [0, 0.05) is 11.3 Å². The molecular formula is C18H20FN3O2. The zero-order valence-corrected chi connectivity index (χ0v) is 13.7. The molecule has 2 aromatic rings. The molecule has 126 valence electrons. The van der Waals surface area contributed by atoms with Crippen LogP contribution in [0.15, 0.2) is 29.1 Å². The van der Waals surface area contributed by atoms with Gasteiger partial charge in [-0.3, -0.25) is 4.79 Å². The third-order valence-electron chi connectivity index (χ3n) is 4.44. The molecule has 1 aliphatic rings. The number of halogens is 1. The molecule has 1 aromatic heterocycles. The second-order valence-electron chi connectivity index (χ2n) is 6.17. The van der Waals surface area contributed by atoms with Gasteiger partial charge in [0.2, 0.25) is 0 Å². The predicted octanol–water partition coefficient (Wildman–Crippen LogP) is 2.62. The molecule has 0 bridgehead atoms. The van der Waals surface area contributed by atoms with Crippen molar-refractivity contribution in [3.8, 4) is 0 Å². The summed E-state index contributed by atoms with van der Waals surface area (Å²) in [4.78, 5) is 26.8. The van der Waals surface area contributed by atoms with Crippen molar-refractivity contribution in [2.45, 2.75) is 39.3 Å². The van der Waals surface area contributed by atoms with Crippen LogP contribution in [0.3, 0.4) is 0 Å². The first kappa shape index (κ1) is 16.2. The van der Waals surface area contributed by atoms with Crippen molar-refractivity contribution in [3.63, 3.8) is 0 Å². The van der Waals surface area contributed by atoms with Crippen LogP contribution in [0.25, 0.3) is 0 Å². The van der Waals surface area contributed by atoms with E-state index in [4.69, 9.17) is 0 Å². The highest BCUT2D eigenvalue weighted by molar-refractivity contribution is 5.74. The molecule has 3 N–H and O–H groups in total. The molecule has 1 heterocycles. The Balaban J connectivity index is 1.64. The standard InChI is InChI=1S/C18H20FN3O2/c1-10-8-11(2)21-17(23)14(10)9-20-18(24)22-16-7-6-12-13(16)4-3-5-15(12)19/h3-5,8,16H,6-7,9H2,1-2H3,(H,21,23)(H2,20,22,24)/t16-/m0/s1. The van der Waals surface area contributed by atoms with Crippen LogP contribution in [0.1, 0.15) is 40.4 Å². The van der Waals surface area contributed by atoms with E-state index in [0.29, 0.717) is 24.0 Å². The number of carbonyl (C=O) groups is 1. The molecule has 1 aromatic carbocycles. The number of nitrogens with one attached hydrogen (secondary N) is 3. The van der Waals surface area contributed by atoms with Crippen LogP contribution in [-0.2, 0) is 13.0 Å². The smallest absolute Gasteiger partial charge is 0.315 e. The number of hydrogen-bond donors (Lipinski definition) is 3. The Hall–Kier alpha value is -2.63. The molecule has 5 nitrogen and oxygen atoms in total. The van der Waals surface area contributed by atoms with Gasteiger partial charge < -0.3 is 15.6 Å². The van der Waals surface area contributed by atoms with Gasteiger partial charge in [-0.25, -0.2) is 9.18 Å². The zero-order chi connectivity index (χ0) is 17.3. The summed E-state index contributed by atoms with van der Waals surface area (Å²) >= 11 is 0. The molecule has 0 saturated carbocycles. The van der Waals surface area contributed by atoms with Gasteiger partial charge in [-0.2, -0.15) is 0 Å².